The number of amides is 1. The summed E-state index contributed by atoms with van der Waals surface area (Å²) in [5.41, 5.74) is -0.342. The van der Waals surface area contributed by atoms with E-state index in [0.29, 0.717) is 11.5 Å². The number of nitrogens with one attached hydrogen (secondary N) is 2. The summed E-state index contributed by atoms with van der Waals surface area (Å²) in [5.74, 6) is -1.48. The van der Waals surface area contributed by atoms with Crippen LogP contribution in [-0.4, -0.2) is 44.7 Å². The minimum Gasteiger partial charge on any atom is -0.479 e. The first-order chi connectivity index (χ1) is 9.73. The lowest BCUT2D eigenvalue weighted by atomic mass is 10.1. The molecule has 8 nitrogen and oxygen atoms in total. The van der Waals surface area contributed by atoms with Crippen LogP contribution in [0.25, 0.3) is 0 Å². The lowest BCUT2D eigenvalue weighted by Gasteiger charge is -2.10. The van der Waals surface area contributed by atoms with E-state index in [1.807, 2.05) is 13.8 Å². The van der Waals surface area contributed by atoms with Gasteiger partial charge in [-0.1, -0.05) is 13.8 Å². The molecule has 0 aliphatic rings. The van der Waals surface area contributed by atoms with Crippen molar-refractivity contribution in [1.29, 1.82) is 0 Å². The Bertz CT molecular complexity index is 594. The Hall–Kier alpha value is -2.22. The van der Waals surface area contributed by atoms with Crippen molar-refractivity contribution in [1.82, 2.24) is 15.3 Å². The van der Waals surface area contributed by atoms with Crippen LogP contribution in [0.3, 0.4) is 0 Å². The number of aliphatic hydroxyl groups is 1. The molecule has 0 fully saturated rings. The smallest absolute Gasteiger partial charge is 0.332 e. The van der Waals surface area contributed by atoms with Crippen LogP contribution < -0.4 is 10.9 Å². The Morgan fingerprint density at radius 1 is 1.38 bits per heavy atom. The SMILES string of the molecule is Cc1nc(C(C)C)[nH]c(=O)c1C(=O)NCC[C@H](O)C(=O)O. The third-order valence-corrected chi connectivity index (χ3v) is 2.88. The van der Waals surface area contributed by atoms with Gasteiger partial charge < -0.3 is 20.5 Å². The zero-order chi connectivity index (χ0) is 16.2. The maximum Gasteiger partial charge on any atom is 0.332 e. The average molecular weight is 297 g/mol. The zero-order valence-corrected chi connectivity index (χ0v) is 12.1. The lowest BCUT2D eigenvalue weighted by molar-refractivity contribution is -0.146. The third-order valence-electron chi connectivity index (χ3n) is 2.88. The first-order valence-electron chi connectivity index (χ1n) is 6.54. The predicted molar refractivity (Wildman–Crippen MR) is 74.3 cm³/mol. The summed E-state index contributed by atoms with van der Waals surface area (Å²) in [6.07, 6.45) is -1.69. The number of H-pyrrole nitrogens is 1. The van der Waals surface area contributed by atoms with E-state index >= 15 is 0 Å². The maximum atomic E-state index is 11.9. The minimum absolute atomic E-state index is 0.0271. The summed E-state index contributed by atoms with van der Waals surface area (Å²) in [4.78, 5) is 41.0. The highest BCUT2D eigenvalue weighted by Crippen LogP contribution is 2.08. The fourth-order valence-electron chi connectivity index (χ4n) is 1.68. The predicted octanol–water partition coefficient (Wildman–Crippen LogP) is -0.233. The largest absolute Gasteiger partial charge is 0.479 e. The molecule has 0 aromatic carbocycles. The van der Waals surface area contributed by atoms with Crippen molar-refractivity contribution in [3.8, 4) is 0 Å². The number of carbonyl (C=O) groups excluding carboxylic acids is 1. The summed E-state index contributed by atoms with van der Waals surface area (Å²) in [7, 11) is 0. The highest BCUT2D eigenvalue weighted by molar-refractivity contribution is 5.94. The van der Waals surface area contributed by atoms with Gasteiger partial charge in [0.2, 0.25) is 0 Å². The molecule has 0 aliphatic heterocycles. The molecule has 0 unspecified atom stereocenters. The molecule has 116 valence electrons. The Kier molecular flexibility index (Phi) is 5.60. The molecule has 0 spiro atoms. The number of aliphatic hydroxyl groups excluding tert-OH is 1. The van der Waals surface area contributed by atoms with Gasteiger partial charge in [0.05, 0.1) is 5.69 Å². The van der Waals surface area contributed by atoms with Crippen LogP contribution in [0, 0.1) is 6.92 Å². The number of carboxylic acid groups (broad SMARTS) is 1. The first kappa shape index (κ1) is 16.8. The quantitative estimate of drug-likeness (QED) is 0.573. The van der Waals surface area contributed by atoms with Crippen LogP contribution in [-0.2, 0) is 4.79 Å². The maximum absolute atomic E-state index is 11.9. The van der Waals surface area contributed by atoms with Crippen LogP contribution in [0.2, 0.25) is 0 Å². The third kappa shape index (κ3) is 4.38. The Morgan fingerprint density at radius 2 is 2.00 bits per heavy atom. The molecule has 0 saturated carbocycles. The molecule has 0 saturated heterocycles. The molecule has 0 radical (unpaired) electrons. The van der Waals surface area contributed by atoms with E-state index in [-0.39, 0.29) is 24.4 Å². The summed E-state index contributed by atoms with van der Waals surface area (Å²) in [5, 5.41) is 20.0. The number of aromatic nitrogens is 2. The summed E-state index contributed by atoms with van der Waals surface area (Å²) < 4.78 is 0. The van der Waals surface area contributed by atoms with Gasteiger partial charge in [-0.15, -0.1) is 0 Å². The van der Waals surface area contributed by atoms with Gasteiger partial charge in [-0.3, -0.25) is 9.59 Å². The van der Waals surface area contributed by atoms with Gasteiger partial charge in [0, 0.05) is 18.9 Å². The van der Waals surface area contributed by atoms with E-state index in [0.717, 1.165) is 0 Å². The molecule has 1 aromatic heterocycles. The van der Waals surface area contributed by atoms with Crippen LogP contribution in [0.5, 0.6) is 0 Å². The van der Waals surface area contributed by atoms with Crippen LogP contribution in [0.4, 0.5) is 0 Å². The second-order valence-corrected chi connectivity index (χ2v) is 4.96. The molecule has 21 heavy (non-hydrogen) atoms. The van der Waals surface area contributed by atoms with Crippen molar-refractivity contribution in [3.63, 3.8) is 0 Å². The van der Waals surface area contributed by atoms with Crippen LogP contribution >= 0.6 is 0 Å². The van der Waals surface area contributed by atoms with E-state index in [9.17, 15) is 14.4 Å². The zero-order valence-electron chi connectivity index (χ0n) is 12.1. The average Bonchev–Trinajstić information content (AvgIpc) is 2.37. The molecule has 1 aromatic rings. The van der Waals surface area contributed by atoms with Crippen molar-refractivity contribution in [2.24, 2.45) is 0 Å². The number of aryl methyl sites for hydroxylation is 1. The van der Waals surface area contributed by atoms with Crippen molar-refractivity contribution < 1.29 is 19.8 Å². The minimum atomic E-state index is -1.55. The fraction of sp³-hybridized carbons (Fsp3) is 0.538. The molecule has 1 amide bonds. The number of rotatable bonds is 6. The van der Waals surface area contributed by atoms with E-state index < -0.39 is 23.5 Å². The van der Waals surface area contributed by atoms with Gasteiger partial charge >= 0.3 is 5.97 Å². The fourth-order valence-corrected chi connectivity index (χ4v) is 1.68. The van der Waals surface area contributed by atoms with Crippen molar-refractivity contribution in [2.75, 3.05) is 6.54 Å². The summed E-state index contributed by atoms with van der Waals surface area (Å²) >= 11 is 0. The Balaban J connectivity index is 2.80. The molecule has 0 bridgehead atoms. The van der Waals surface area contributed by atoms with E-state index in [2.05, 4.69) is 15.3 Å². The Labute approximate surface area is 121 Å². The van der Waals surface area contributed by atoms with Crippen LogP contribution in [0.15, 0.2) is 4.79 Å². The van der Waals surface area contributed by atoms with E-state index in [1.165, 1.54) is 0 Å². The summed E-state index contributed by atoms with van der Waals surface area (Å²) in [6.45, 7) is 5.23. The molecular formula is C13H19N3O5. The summed E-state index contributed by atoms with van der Waals surface area (Å²) in [6, 6.07) is 0. The van der Waals surface area contributed by atoms with Crippen molar-refractivity contribution >= 4 is 11.9 Å². The normalized spacial score (nSPS) is 12.2. The number of carboxylic acids is 1. The van der Waals surface area contributed by atoms with Crippen molar-refractivity contribution in [3.05, 3.63) is 27.4 Å². The van der Waals surface area contributed by atoms with Crippen molar-refractivity contribution in [2.45, 2.75) is 39.2 Å². The van der Waals surface area contributed by atoms with Gasteiger partial charge in [0.15, 0.2) is 6.10 Å². The molecule has 1 atom stereocenters. The Morgan fingerprint density at radius 3 is 2.48 bits per heavy atom. The second-order valence-electron chi connectivity index (χ2n) is 4.96. The monoisotopic (exact) mass is 297 g/mol. The number of nitrogens with zero attached hydrogens (tertiary/aromatic N) is 1. The van der Waals surface area contributed by atoms with Gasteiger partial charge in [0.25, 0.3) is 11.5 Å². The number of hydrogen-bond donors (Lipinski definition) is 4. The first-order valence-corrected chi connectivity index (χ1v) is 6.54. The lowest BCUT2D eigenvalue weighted by Crippen LogP contribution is -2.34. The van der Waals surface area contributed by atoms with Gasteiger partial charge in [-0.05, 0) is 6.92 Å². The number of aliphatic carboxylic acids is 1. The van der Waals surface area contributed by atoms with Crippen LogP contribution in [0.1, 0.15) is 48.1 Å². The molecule has 1 rings (SSSR count). The van der Waals surface area contributed by atoms with Gasteiger partial charge in [-0.25, -0.2) is 9.78 Å². The van der Waals surface area contributed by atoms with Gasteiger partial charge in [0.1, 0.15) is 11.4 Å². The topological polar surface area (TPSA) is 132 Å². The number of aromatic amines is 1. The number of hydrogen-bond acceptors (Lipinski definition) is 5. The molecule has 8 heteroatoms. The van der Waals surface area contributed by atoms with E-state index in [4.69, 9.17) is 10.2 Å². The highest BCUT2D eigenvalue weighted by Gasteiger charge is 2.18. The molecular weight excluding hydrogens is 278 g/mol. The number of carbonyl (C=O) groups is 2. The standard InChI is InChI=1S/C13H19N3O5/c1-6(2)10-15-7(3)9(12(19)16-10)11(18)14-5-4-8(17)13(20)21/h6,8,17H,4-5H2,1-3H3,(H,14,18)(H,20,21)(H,15,16,19)/t8-/m0/s1. The molecule has 4 N–H and O–H groups in total. The molecule has 1 heterocycles. The van der Waals surface area contributed by atoms with E-state index in [1.54, 1.807) is 6.92 Å². The van der Waals surface area contributed by atoms with Gasteiger partial charge in [-0.2, -0.15) is 0 Å². The second kappa shape index (κ2) is 6.98. The highest BCUT2D eigenvalue weighted by atomic mass is 16.4. The molecule has 0 aliphatic carbocycles.